The molecular formula is C16H25NO3. The summed E-state index contributed by atoms with van der Waals surface area (Å²) in [5, 5.41) is 12.3. The highest BCUT2D eigenvalue weighted by Crippen LogP contribution is 2.29. The van der Waals surface area contributed by atoms with Gasteiger partial charge in [-0.05, 0) is 50.3 Å². The van der Waals surface area contributed by atoms with Gasteiger partial charge in [0, 0.05) is 24.8 Å². The second kappa shape index (κ2) is 7.50. The molecule has 112 valence electrons. The predicted octanol–water partition coefficient (Wildman–Crippen LogP) is 2.66. The zero-order chi connectivity index (χ0) is 14.4. The van der Waals surface area contributed by atoms with E-state index in [-0.39, 0.29) is 6.61 Å². The molecule has 1 aliphatic carbocycles. The van der Waals surface area contributed by atoms with Crippen LogP contribution in [0.4, 0.5) is 0 Å². The standard InChI is InChI=1S/C16H25NO3/c1-12(17-14-5-6-14)13-9-15(19-2)11-16(10-13)20-8-4-3-7-18/h9-12,14,17-18H,3-8H2,1-2H3. The second-order valence-electron chi connectivity index (χ2n) is 5.38. The van der Waals surface area contributed by atoms with Crippen molar-refractivity contribution in [3.63, 3.8) is 0 Å². The minimum absolute atomic E-state index is 0.217. The first-order valence-electron chi connectivity index (χ1n) is 7.41. The predicted molar refractivity (Wildman–Crippen MR) is 79.4 cm³/mol. The molecule has 1 aliphatic rings. The molecule has 0 spiro atoms. The Morgan fingerprint density at radius 2 is 2.00 bits per heavy atom. The molecule has 4 heteroatoms. The molecule has 1 aromatic carbocycles. The number of methoxy groups -OCH3 is 1. The molecule has 1 unspecified atom stereocenters. The number of aliphatic hydroxyl groups is 1. The maximum Gasteiger partial charge on any atom is 0.123 e. The monoisotopic (exact) mass is 279 g/mol. The average Bonchev–Trinajstić information content (AvgIpc) is 3.27. The topological polar surface area (TPSA) is 50.7 Å². The Kier molecular flexibility index (Phi) is 5.68. The van der Waals surface area contributed by atoms with Gasteiger partial charge in [0.2, 0.25) is 0 Å². The molecule has 4 nitrogen and oxygen atoms in total. The minimum atomic E-state index is 0.217. The molecule has 0 aromatic heterocycles. The summed E-state index contributed by atoms with van der Waals surface area (Å²) in [4.78, 5) is 0. The van der Waals surface area contributed by atoms with Crippen molar-refractivity contribution in [3.05, 3.63) is 23.8 Å². The number of benzene rings is 1. The van der Waals surface area contributed by atoms with Gasteiger partial charge >= 0.3 is 0 Å². The van der Waals surface area contributed by atoms with Gasteiger partial charge in [-0.15, -0.1) is 0 Å². The third-order valence-corrected chi connectivity index (χ3v) is 3.52. The van der Waals surface area contributed by atoms with E-state index in [1.54, 1.807) is 7.11 Å². The summed E-state index contributed by atoms with van der Waals surface area (Å²) >= 11 is 0. The summed E-state index contributed by atoms with van der Waals surface area (Å²) in [7, 11) is 1.67. The molecule has 1 saturated carbocycles. The van der Waals surface area contributed by atoms with E-state index in [1.165, 1.54) is 18.4 Å². The molecule has 0 heterocycles. The lowest BCUT2D eigenvalue weighted by Crippen LogP contribution is -2.20. The molecule has 0 saturated heterocycles. The molecule has 0 aliphatic heterocycles. The number of hydrogen-bond donors (Lipinski definition) is 2. The Bertz CT molecular complexity index is 418. The Hall–Kier alpha value is -1.26. The van der Waals surface area contributed by atoms with Crippen LogP contribution in [0.15, 0.2) is 18.2 Å². The summed E-state index contributed by atoms with van der Waals surface area (Å²) < 4.78 is 11.1. The summed E-state index contributed by atoms with van der Waals surface area (Å²) in [5.41, 5.74) is 1.19. The Morgan fingerprint density at radius 3 is 2.65 bits per heavy atom. The Morgan fingerprint density at radius 1 is 1.25 bits per heavy atom. The molecule has 2 N–H and O–H groups in total. The van der Waals surface area contributed by atoms with Crippen LogP contribution in [0.1, 0.15) is 44.2 Å². The first-order chi connectivity index (χ1) is 9.72. The van der Waals surface area contributed by atoms with Crippen LogP contribution in [0.25, 0.3) is 0 Å². The molecule has 20 heavy (non-hydrogen) atoms. The lowest BCUT2D eigenvalue weighted by Gasteiger charge is -2.16. The fourth-order valence-corrected chi connectivity index (χ4v) is 2.15. The third kappa shape index (κ3) is 4.69. The molecule has 2 rings (SSSR count). The Balaban J connectivity index is 1.98. The van der Waals surface area contributed by atoms with Crippen molar-refractivity contribution in [1.82, 2.24) is 5.32 Å². The van der Waals surface area contributed by atoms with Gasteiger partial charge in [-0.1, -0.05) is 0 Å². The molecule has 1 fully saturated rings. The van der Waals surface area contributed by atoms with Crippen LogP contribution in [-0.4, -0.2) is 31.5 Å². The molecular weight excluding hydrogens is 254 g/mol. The maximum absolute atomic E-state index is 8.77. The zero-order valence-electron chi connectivity index (χ0n) is 12.4. The zero-order valence-corrected chi connectivity index (χ0v) is 12.4. The smallest absolute Gasteiger partial charge is 0.123 e. The van der Waals surface area contributed by atoms with Crippen molar-refractivity contribution in [1.29, 1.82) is 0 Å². The van der Waals surface area contributed by atoms with Crippen molar-refractivity contribution >= 4 is 0 Å². The van der Waals surface area contributed by atoms with Crippen LogP contribution in [-0.2, 0) is 0 Å². The van der Waals surface area contributed by atoms with E-state index >= 15 is 0 Å². The van der Waals surface area contributed by atoms with Gasteiger partial charge in [0.15, 0.2) is 0 Å². The van der Waals surface area contributed by atoms with Crippen molar-refractivity contribution in [2.75, 3.05) is 20.3 Å². The molecule has 0 radical (unpaired) electrons. The lowest BCUT2D eigenvalue weighted by molar-refractivity contribution is 0.252. The highest BCUT2D eigenvalue weighted by Gasteiger charge is 2.23. The largest absolute Gasteiger partial charge is 0.497 e. The van der Waals surface area contributed by atoms with Crippen molar-refractivity contribution < 1.29 is 14.6 Å². The van der Waals surface area contributed by atoms with Gasteiger partial charge in [0.05, 0.1) is 13.7 Å². The van der Waals surface area contributed by atoms with E-state index in [0.717, 1.165) is 24.3 Å². The summed E-state index contributed by atoms with van der Waals surface area (Å²) in [6.45, 7) is 3.01. The fourth-order valence-electron chi connectivity index (χ4n) is 2.15. The van der Waals surface area contributed by atoms with Crippen LogP contribution >= 0.6 is 0 Å². The van der Waals surface area contributed by atoms with E-state index in [0.29, 0.717) is 18.7 Å². The van der Waals surface area contributed by atoms with E-state index in [4.69, 9.17) is 14.6 Å². The number of nitrogens with one attached hydrogen (secondary N) is 1. The molecule has 0 amide bonds. The van der Waals surface area contributed by atoms with Crippen molar-refractivity contribution in [3.8, 4) is 11.5 Å². The molecule has 1 atom stereocenters. The maximum atomic E-state index is 8.77. The van der Waals surface area contributed by atoms with Crippen LogP contribution in [0.2, 0.25) is 0 Å². The van der Waals surface area contributed by atoms with Crippen molar-refractivity contribution in [2.45, 2.75) is 44.7 Å². The number of ether oxygens (including phenoxy) is 2. The third-order valence-electron chi connectivity index (χ3n) is 3.52. The number of hydrogen-bond acceptors (Lipinski definition) is 4. The number of rotatable bonds is 9. The first-order valence-corrected chi connectivity index (χ1v) is 7.41. The van der Waals surface area contributed by atoms with E-state index < -0.39 is 0 Å². The summed E-state index contributed by atoms with van der Waals surface area (Å²) in [6.07, 6.45) is 4.19. The lowest BCUT2D eigenvalue weighted by atomic mass is 10.1. The van der Waals surface area contributed by atoms with E-state index in [2.05, 4.69) is 24.4 Å². The van der Waals surface area contributed by atoms with Crippen molar-refractivity contribution in [2.24, 2.45) is 0 Å². The van der Waals surface area contributed by atoms with Crippen LogP contribution in [0.5, 0.6) is 11.5 Å². The number of unbranched alkanes of at least 4 members (excludes halogenated alkanes) is 1. The van der Waals surface area contributed by atoms with Gasteiger partial charge in [0.1, 0.15) is 11.5 Å². The van der Waals surface area contributed by atoms with Gasteiger partial charge in [-0.2, -0.15) is 0 Å². The van der Waals surface area contributed by atoms with Gasteiger partial charge < -0.3 is 19.9 Å². The van der Waals surface area contributed by atoms with Gasteiger partial charge in [0.25, 0.3) is 0 Å². The van der Waals surface area contributed by atoms with Gasteiger partial charge in [-0.3, -0.25) is 0 Å². The summed E-state index contributed by atoms with van der Waals surface area (Å²) in [6, 6.07) is 7.01. The molecule has 0 bridgehead atoms. The van der Waals surface area contributed by atoms with Crippen LogP contribution in [0, 0.1) is 0 Å². The first kappa shape index (κ1) is 15.1. The minimum Gasteiger partial charge on any atom is -0.497 e. The Labute approximate surface area is 121 Å². The van der Waals surface area contributed by atoms with Crippen LogP contribution in [0.3, 0.4) is 0 Å². The summed E-state index contributed by atoms with van der Waals surface area (Å²) in [5.74, 6) is 1.66. The quantitative estimate of drug-likeness (QED) is 0.682. The fraction of sp³-hybridized carbons (Fsp3) is 0.625. The highest BCUT2D eigenvalue weighted by atomic mass is 16.5. The number of aliphatic hydroxyl groups excluding tert-OH is 1. The highest BCUT2D eigenvalue weighted by molar-refractivity contribution is 5.39. The van der Waals surface area contributed by atoms with Crippen LogP contribution < -0.4 is 14.8 Å². The van der Waals surface area contributed by atoms with Gasteiger partial charge in [-0.25, -0.2) is 0 Å². The van der Waals surface area contributed by atoms with E-state index in [1.807, 2.05) is 6.07 Å². The second-order valence-corrected chi connectivity index (χ2v) is 5.38. The average molecular weight is 279 g/mol. The normalized spacial score (nSPS) is 15.9. The molecule has 1 aromatic rings. The SMILES string of the molecule is COc1cc(OCCCCO)cc(C(C)NC2CC2)c1. The van der Waals surface area contributed by atoms with E-state index in [9.17, 15) is 0 Å².